The van der Waals surface area contributed by atoms with Crippen LogP contribution < -0.4 is 5.32 Å². The summed E-state index contributed by atoms with van der Waals surface area (Å²) in [5.74, 6) is -3.13. The van der Waals surface area contributed by atoms with E-state index in [0.29, 0.717) is 5.69 Å². The van der Waals surface area contributed by atoms with Gasteiger partial charge in [-0.1, -0.05) is 12.1 Å². The number of methoxy groups -OCH3 is 1. The Labute approximate surface area is 193 Å². The Kier molecular flexibility index (Phi) is 8.18. The number of aromatic amines is 1. The molecule has 3 aromatic rings. The van der Waals surface area contributed by atoms with Crippen molar-refractivity contribution in [2.75, 3.05) is 33.3 Å². The number of benzene rings is 1. The summed E-state index contributed by atoms with van der Waals surface area (Å²) in [6, 6.07) is 7.72. The number of halogens is 3. The summed E-state index contributed by atoms with van der Waals surface area (Å²) < 4.78 is 36.5. The molecule has 0 aliphatic carbocycles. The summed E-state index contributed by atoms with van der Waals surface area (Å²) in [5.41, 5.74) is 4.06. The van der Waals surface area contributed by atoms with Crippen molar-refractivity contribution in [3.63, 3.8) is 0 Å². The minimum atomic E-state index is -5.08. The zero-order chi connectivity index (χ0) is 24.7. The van der Waals surface area contributed by atoms with Crippen molar-refractivity contribution >= 4 is 22.8 Å². The van der Waals surface area contributed by atoms with Crippen molar-refractivity contribution in [1.29, 1.82) is 0 Å². The molecule has 34 heavy (non-hydrogen) atoms. The van der Waals surface area contributed by atoms with E-state index in [1.807, 2.05) is 30.6 Å². The maximum atomic E-state index is 11.7. The van der Waals surface area contributed by atoms with Crippen LogP contribution in [0.25, 0.3) is 22.2 Å². The van der Waals surface area contributed by atoms with Crippen molar-refractivity contribution in [1.82, 2.24) is 25.2 Å². The number of nitrogens with zero attached hydrogens (tertiary/aromatic N) is 3. The number of ether oxygens (including phenoxy) is 1. The molecule has 0 radical (unpaired) electrons. The Hall–Kier alpha value is -3.51. The molecule has 4 rings (SSSR count). The van der Waals surface area contributed by atoms with Crippen LogP contribution in [0.4, 0.5) is 13.2 Å². The first-order valence-electron chi connectivity index (χ1n) is 10.4. The number of esters is 1. The Morgan fingerprint density at radius 2 is 1.91 bits per heavy atom. The molecule has 2 aromatic heterocycles. The van der Waals surface area contributed by atoms with Crippen molar-refractivity contribution in [3.8, 4) is 11.3 Å². The number of aliphatic carboxylic acids is 1. The van der Waals surface area contributed by atoms with E-state index in [-0.39, 0.29) is 5.97 Å². The molecule has 0 unspecified atom stereocenters. The number of carbonyl (C=O) groups excluding carboxylic acids is 1. The predicted molar refractivity (Wildman–Crippen MR) is 117 cm³/mol. The highest BCUT2D eigenvalue weighted by atomic mass is 19.4. The predicted octanol–water partition coefficient (Wildman–Crippen LogP) is 2.84. The molecular formula is C22H24F3N5O4. The fourth-order valence-electron chi connectivity index (χ4n) is 3.38. The molecule has 1 saturated heterocycles. The lowest BCUT2D eigenvalue weighted by Crippen LogP contribution is -2.28. The largest absolute Gasteiger partial charge is 0.490 e. The fraction of sp³-hybridized carbons (Fsp3) is 0.364. The van der Waals surface area contributed by atoms with Crippen LogP contribution in [0.3, 0.4) is 0 Å². The second kappa shape index (κ2) is 11.1. The summed E-state index contributed by atoms with van der Waals surface area (Å²) in [5, 5.41) is 11.5. The van der Waals surface area contributed by atoms with Crippen LogP contribution in [0, 0.1) is 0 Å². The third-order valence-electron chi connectivity index (χ3n) is 5.09. The van der Waals surface area contributed by atoms with E-state index in [4.69, 9.17) is 14.6 Å². The number of nitrogens with one attached hydrogen (secondary N) is 2. The monoisotopic (exact) mass is 479 g/mol. The number of alkyl halides is 3. The van der Waals surface area contributed by atoms with Crippen LogP contribution in [-0.4, -0.2) is 76.4 Å². The van der Waals surface area contributed by atoms with Gasteiger partial charge in [-0.3, -0.25) is 14.9 Å². The van der Waals surface area contributed by atoms with Gasteiger partial charge in [-0.15, -0.1) is 0 Å². The van der Waals surface area contributed by atoms with E-state index in [0.717, 1.165) is 67.0 Å². The standard InChI is InChI=1S/C20H23N5O2.C2HF3O2/c1-27-20(26)18-10-14-3-4-15(9-17(14)24-18)19-12-22-16(11-23-19)13-25-7-2-5-21-6-8-25;3-2(4,5)1(6)7/h3-4,9-12,21,24H,2,5-8,13H2,1H3;(H,6,7). The van der Waals surface area contributed by atoms with E-state index in [1.165, 1.54) is 7.11 Å². The van der Waals surface area contributed by atoms with Gasteiger partial charge in [-0.05, 0) is 31.6 Å². The Morgan fingerprint density at radius 3 is 2.56 bits per heavy atom. The molecule has 9 nitrogen and oxygen atoms in total. The van der Waals surface area contributed by atoms with E-state index in [1.54, 1.807) is 6.07 Å². The summed E-state index contributed by atoms with van der Waals surface area (Å²) in [6.45, 7) is 5.06. The fourth-order valence-corrected chi connectivity index (χ4v) is 3.38. The number of carboxylic acid groups (broad SMARTS) is 1. The van der Waals surface area contributed by atoms with E-state index < -0.39 is 12.1 Å². The number of aromatic nitrogens is 3. The highest BCUT2D eigenvalue weighted by molar-refractivity contribution is 5.95. The average Bonchev–Trinajstić information content (AvgIpc) is 3.07. The van der Waals surface area contributed by atoms with Crippen LogP contribution in [0.15, 0.2) is 36.7 Å². The molecule has 1 aliphatic heterocycles. The maximum Gasteiger partial charge on any atom is 0.490 e. The third-order valence-corrected chi connectivity index (χ3v) is 5.09. The Morgan fingerprint density at radius 1 is 1.15 bits per heavy atom. The van der Waals surface area contributed by atoms with Gasteiger partial charge in [0.1, 0.15) is 5.69 Å². The zero-order valence-electron chi connectivity index (χ0n) is 18.4. The highest BCUT2D eigenvalue weighted by Crippen LogP contribution is 2.23. The molecule has 0 atom stereocenters. The molecule has 1 aromatic carbocycles. The van der Waals surface area contributed by atoms with Crippen molar-refractivity contribution in [2.24, 2.45) is 0 Å². The number of hydrogen-bond acceptors (Lipinski definition) is 7. The van der Waals surface area contributed by atoms with Crippen molar-refractivity contribution < 1.29 is 32.6 Å². The van der Waals surface area contributed by atoms with Gasteiger partial charge in [0.15, 0.2) is 0 Å². The molecule has 12 heteroatoms. The summed E-state index contributed by atoms with van der Waals surface area (Å²) in [7, 11) is 1.37. The quantitative estimate of drug-likeness (QED) is 0.489. The van der Waals surface area contributed by atoms with E-state index in [9.17, 15) is 18.0 Å². The first-order valence-corrected chi connectivity index (χ1v) is 10.4. The number of rotatable bonds is 4. The molecule has 0 amide bonds. The highest BCUT2D eigenvalue weighted by Gasteiger charge is 2.38. The first kappa shape index (κ1) is 25.1. The zero-order valence-corrected chi connectivity index (χ0v) is 18.4. The molecule has 1 fully saturated rings. The lowest BCUT2D eigenvalue weighted by Gasteiger charge is -2.18. The summed E-state index contributed by atoms with van der Waals surface area (Å²) >= 11 is 0. The molecule has 3 heterocycles. The molecule has 3 N–H and O–H groups in total. The molecule has 0 bridgehead atoms. The number of carbonyl (C=O) groups is 2. The van der Waals surface area contributed by atoms with Crippen LogP contribution in [-0.2, 0) is 16.1 Å². The second-order valence-electron chi connectivity index (χ2n) is 7.55. The minimum Gasteiger partial charge on any atom is -0.475 e. The van der Waals surface area contributed by atoms with Gasteiger partial charge < -0.3 is 20.1 Å². The molecule has 182 valence electrons. The molecule has 0 spiro atoms. The second-order valence-corrected chi connectivity index (χ2v) is 7.55. The average molecular weight is 479 g/mol. The summed E-state index contributed by atoms with van der Waals surface area (Å²) in [6.07, 6.45) is -0.252. The van der Waals surface area contributed by atoms with Gasteiger partial charge in [-0.2, -0.15) is 13.2 Å². The van der Waals surface area contributed by atoms with Gasteiger partial charge >= 0.3 is 18.1 Å². The van der Waals surface area contributed by atoms with Crippen LogP contribution in [0.2, 0.25) is 0 Å². The van der Waals surface area contributed by atoms with Gasteiger partial charge in [0.2, 0.25) is 0 Å². The lowest BCUT2D eigenvalue weighted by molar-refractivity contribution is -0.192. The van der Waals surface area contributed by atoms with Crippen LogP contribution >= 0.6 is 0 Å². The first-order chi connectivity index (χ1) is 16.2. The Bertz CT molecular complexity index is 1120. The van der Waals surface area contributed by atoms with Crippen molar-refractivity contribution in [3.05, 3.63) is 48.0 Å². The third kappa shape index (κ3) is 6.75. The van der Waals surface area contributed by atoms with E-state index in [2.05, 4.69) is 25.2 Å². The molecular weight excluding hydrogens is 455 g/mol. The summed E-state index contributed by atoms with van der Waals surface area (Å²) in [4.78, 5) is 35.3. The SMILES string of the molecule is COC(=O)c1cc2ccc(-c3cnc(CN4CCCNCC4)cn3)cc2[nH]1.O=C(O)C(F)(F)F. The topological polar surface area (TPSA) is 120 Å². The van der Waals surface area contributed by atoms with Crippen molar-refractivity contribution in [2.45, 2.75) is 19.1 Å². The number of hydrogen-bond donors (Lipinski definition) is 3. The number of H-pyrrole nitrogens is 1. The Balaban J connectivity index is 0.000000406. The number of fused-ring (bicyclic) bond motifs is 1. The lowest BCUT2D eigenvalue weighted by atomic mass is 10.1. The maximum absolute atomic E-state index is 11.7. The smallest absolute Gasteiger partial charge is 0.475 e. The van der Waals surface area contributed by atoms with Crippen LogP contribution in [0.5, 0.6) is 0 Å². The van der Waals surface area contributed by atoms with Gasteiger partial charge in [0.25, 0.3) is 0 Å². The number of carboxylic acids is 1. The van der Waals surface area contributed by atoms with Gasteiger partial charge in [0.05, 0.1) is 30.9 Å². The molecule has 0 saturated carbocycles. The van der Waals surface area contributed by atoms with Crippen LogP contribution in [0.1, 0.15) is 22.6 Å². The molecule has 1 aliphatic rings. The normalized spacial score (nSPS) is 14.7. The minimum absolute atomic E-state index is 0.374. The van der Waals surface area contributed by atoms with Gasteiger partial charge in [0, 0.05) is 36.1 Å². The van der Waals surface area contributed by atoms with E-state index >= 15 is 0 Å². The van der Waals surface area contributed by atoms with Gasteiger partial charge in [-0.25, -0.2) is 9.59 Å².